The predicted octanol–water partition coefficient (Wildman–Crippen LogP) is 4.11. The van der Waals surface area contributed by atoms with Crippen LogP contribution in [-0.2, 0) is 21.9 Å². The molecule has 4 rings (SSSR count). The van der Waals surface area contributed by atoms with Gasteiger partial charge in [-0.1, -0.05) is 0 Å². The summed E-state index contributed by atoms with van der Waals surface area (Å²) >= 11 is 0. The van der Waals surface area contributed by atoms with E-state index in [4.69, 9.17) is 11.1 Å². The molecule has 2 aromatic carbocycles. The van der Waals surface area contributed by atoms with Gasteiger partial charge in [-0.3, -0.25) is 15.0 Å². The largest absolute Gasteiger partial charge is 0.416 e. The van der Waals surface area contributed by atoms with E-state index < -0.39 is 41.3 Å². The van der Waals surface area contributed by atoms with Crippen molar-refractivity contribution in [3.8, 4) is 0 Å². The van der Waals surface area contributed by atoms with Crippen molar-refractivity contribution < 1.29 is 40.7 Å². The van der Waals surface area contributed by atoms with Crippen LogP contribution in [0.3, 0.4) is 0 Å². The molecule has 2 saturated heterocycles. The SMILES string of the molecule is CNCCCCC(=O)Nc1cc(C(F)(F)F)cc(NC(=O)Nc2cc(C(F)(F)F)cc(NC(=O)CCCCNC(=N)N)c2N2CCNCC2)c1N1CCNCC1. The van der Waals surface area contributed by atoms with Crippen LogP contribution in [0.2, 0.25) is 0 Å². The van der Waals surface area contributed by atoms with Crippen LogP contribution in [0.5, 0.6) is 0 Å². The number of halogens is 6. The molecule has 15 nitrogen and oxygen atoms in total. The Morgan fingerprint density at radius 2 is 1.04 bits per heavy atom. The summed E-state index contributed by atoms with van der Waals surface area (Å²) in [7, 11) is 1.75. The van der Waals surface area contributed by atoms with E-state index in [-0.39, 0.29) is 52.9 Å². The molecule has 0 saturated carbocycles. The lowest BCUT2D eigenvalue weighted by atomic mass is 10.1. The molecule has 0 atom stereocenters. The van der Waals surface area contributed by atoms with Gasteiger partial charge >= 0.3 is 18.4 Å². The summed E-state index contributed by atoms with van der Waals surface area (Å²) in [5, 5.41) is 29.1. The van der Waals surface area contributed by atoms with Gasteiger partial charge in [0.1, 0.15) is 0 Å². The number of rotatable bonds is 16. The first-order valence-corrected chi connectivity index (χ1v) is 18.4. The molecule has 0 bridgehead atoms. The number of alkyl halides is 6. The second-order valence-corrected chi connectivity index (χ2v) is 13.3. The highest BCUT2D eigenvalue weighted by atomic mass is 19.4. The number of carbonyl (C=O) groups excluding carboxylic acids is 3. The molecule has 2 aliphatic rings. The lowest BCUT2D eigenvalue weighted by molar-refractivity contribution is -0.138. The molecule has 4 amide bonds. The first-order chi connectivity index (χ1) is 26.6. The fraction of sp³-hybridized carbons (Fsp3) is 0.543. The molecule has 56 heavy (non-hydrogen) atoms. The number of unbranched alkanes of at least 4 members (excludes halogenated alkanes) is 2. The lowest BCUT2D eigenvalue weighted by Crippen LogP contribution is -2.44. The maximum atomic E-state index is 14.3. The normalized spacial score (nSPS) is 14.9. The highest BCUT2D eigenvalue weighted by Gasteiger charge is 2.36. The van der Waals surface area contributed by atoms with E-state index >= 15 is 0 Å². The Balaban J connectivity index is 1.72. The van der Waals surface area contributed by atoms with E-state index in [0.717, 1.165) is 18.2 Å². The molecule has 2 aliphatic heterocycles. The van der Waals surface area contributed by atoms with E-state index in [9.17, 15) is 40.7 Å². The van der Waals surface area contributed by atoms with Gasteiger partial charge in [0.2, 0.25) is 11.8 Å². The predicted molar refractivity (Wildman–Crippen MR) is 204 cm³/mol. The van der Waals surface area contributed by atoms with Crippen LogP contribution in [0, 0.1) is 5.41 Å². The second-order valence-electron chi connectivity index (χ2n) is 13.3. The number of carbonyl (C=O) groups is 3. The topological polar surface area (TPSA) is 204 Å². The highest BCUT2D eigenvalue weighted by Crippen LogP contribution is 2.44. The van der Waals surface area contributed by atoms with Crippen molar-refractivity contribution in [3.63, 3.8) is 0 Å². The Bertz CT molecular complexity index is 1680. The molecular weight excluding hydrogens is 750 g/mol. The van der Waals surface area contributed by atoms with Crippen LogP contribution in [-0.4, -0.2) is 96.3 Å². The number of nitrogens with two attached hydrogens (primary N) is 1. The number of benzene rings is 2. The average Bonchev–Trinajstić information content (AvgIpc) is 3.13. The van der Waals surface area contributed by atoms with Crippen molar-refractivity contribution in [3.05, 3.63) is 35.4 Å². The van der Waals surface area contributed by atoms with E-state index in [2.05, 4.69) is 42.5 Å². The number of amides is 4. The summed E-state index contributed by atoms with van der Waals surface area (Å²) in [5.74, 6) is -1.37. The third-order valence-corrected chi connectivity index (χ3v) is 9.01. The van der Waals surface area contributed by atoms with Gasteiger partial charge in [-0.05, 0) is 63.5 Å². The number of guanidine groups is 1. The van der Waals surface area contributed by atoms with E-state index in [0.29, 0.717) is 97.2 Å². The molecule has 310 valence electrons. The van der Waals surface area contributed by atoms with Crippen LogP contribution in [0.1, 0.15) is 49.7 Å². The monoisotopic (exact) mass is 800 g/mol. The van der Waals surface area contributed by atoms with Gasteiger partial charge in [0, 0.05) is 71.7 Å². The van der Waals surface area contributed by atoms with Crippen LogP contribution in [0.25, 0.3) is 0 Å². The van der Waals surface area contributed by atoms with Crippen molar-refractivity contribution in [2.24, 2.45) is 5.73 Å². The molecule has 2 heterocycles. The minimum absolute atomic E-state index is 0.0302. The summed E-state index contributed by atoms with van der Waals surface area (Å²) in [6.45, 7) is 3.93. The first-order valence-electron chi connectivity index (χ1n) is 18.4. The molecule has 0 aliphatic carbocycles. The van der Waals surface area contributed by atoms with Crippen LogP contribution in [0.4, 0.5) is 65.3 Å². The highest BCUT2D eigenvalue weighted by molar-refractivity contribution is 6.08. The van der Waals surface area contributed by atoms with Crippen molar-refractivity contribution in [2.75, 3.05) is 104 Å². The second kappa shape index (κ2) is 20.2. The van der Waals surface area contributed by atoms with E-state index in [1.807, 2.05) is 0 Å². The van der Waals surface area contributed by atoms with E-state index in [1.165, 1.54) is 0 Å². The zero-order chi connectivity index (χ0) is 40.9. The number of urea groups is 1. The van der Waals surface area contributed by atoms with E-state index in [1.54, 1.807) is 16.8 Å². The number of piperazine rings is 2. The summed E-state index contributed by atoms with van der Waals surface area (Å²) in [6, 6.07) is 1.86. The van der Waals surface area contributed by atoms with Gasteiger partial charge in [-0.15, -0.1) is 0 Å². The fourth-order valence-electron chi connectivity index (χ4n) is 6.36. The van der Waals surface area contributed by atoms with Gasteiger partial charge in [-0.2, -0.15) is 26.3 Å². The van der Waals surface area contributed by atoms with Gasteiger partial charge in [0.15, 0.2) is 5.96 Å². The number of hydrogen-bond acceptors (Lipinski definition) is 9. The molecule has 11 N–H and O–H groups in total. The first kappa shape index (κ1) is 43.7. The van der Waals surface area contributed by atoms with Crippen LogP contribution in [0.15, 0.2) is 24.3 Å². The van der Waals surface area contributed by atoms with Gasteiger partial charge in [-0.25, -0.2) is 4.79 Å². The molecule has 0 aromatic heterocycles. The smallest absolute Gasteiger partial charge is 0.370 e. The fourth-order valence-corrected chi connectivity index (χ4v) is 6.36. The van der Waals surface area contributed by atoms with Crippen molar-refractivity contribution in [2.45, 2.75) is 50.9 Å². The Morgan fingerprint density at radius 3 is 1.39 bits per heavy atom. The molecule has 0 unspecified atom stereocenters. The van der Waals surface area contributed by atoms with Gasteiger partial charge in [0.05, 0.1) is 45.3 Å². The lowest BCUT2D eigenvalue weighted by Gasteiger charge is -2.34. The zero-order valence-corrected chi connectivity index (χ0v) is 31.1. The third-order valence-electron chi connectivity index (χ3n) is 9.01. The maximum Gasteiger partial charge on any atom is 0.416 e. The Labute approximate surface area is 320 Å². The zero-order valence-electron chi connectivity index (χ0n) is 31.1. The molecule has 2 aromatic rings. The summed E-state index contributed by atoms with van der Waals surface area (Å²) in [6.07, 6.45) is -7.95. The molecular formula is C35H50F6N12O3. The number of hydrogen-bond donors (Lipinski definition) is 10. The van der Waals surface area contributed by atoms with Crippen molar-refractivity contribution in [1.29, 1.82) is 5.41 Å². The molecule has 0 spiro atoms. The summed E-state index contributed by atoms with van der Waals surface area (Å²) < 4.78 is 85.9. The van der Waals surface area contributed by atoms with Crippen LogP contribution >= 0.6 is 0 Å². The molecule has 0 radical (unpaired) electrons. The van der Waals surface area contributed by atoms with Gasteiger partial charge in [0.25, 0.3) is 0 Å². The third kappa shape index (κ3) is 13.0. The minimum Gasteiger partial charge on any atom is -0.370 e. The molecule has 21 heteroatoms. The summed E-state index contributed by atoms with van der Waals surface area (Å²) in [4.78, 5) is 43.3. The maximum absolute atomic E-state index is 14.3. The Hall–Kier alpha value is -5.02. The Kier molecular flexibility index (Phi) is 15.8. The van der Waals surface area contributed by atoms with Gasteiger partial charge < -0.3 is 58.1 Å². The van der Waals surface area contributed by atoms with Crippen LogP contribution < -0.4 is 58.1 Å². The van der Waals surface area contributed by atoms with Crippen molar-refractivity contribution in [1.82, 2.24) is 21.3 Å². The van der Waals surface area contributed by atoms with Crippen molar-refractivity contribution >= 4 is 57.9 Å². The molecule has 2 fully saturated rings. The standard InChI is InChI=1S/C35H50F6N12O3/c1-44-8-4-2-6-28(54)48-24-18-22(34(36,37)38)20-26(30(24)52-14-10-45-11-15-52)50-33(56)51-27-21-23(35(39,40)41)19-25(31(27)53-16-12-46-13-17-53)49-29(55)7-3-5-9-47-32(42)43/h18-21,44-46H,2-17H2,1H3,(H,48,54)(H,49,55)(H4,42,43,47)(H2,50,51,56). The average molecular weight is 801 g/mol. The summed E-state index contributed by atoms with van der Waals surface area (Å²) in [5.41, 5.74) is 2.04. The minimum atomic E-state index is -4.91. The number of anilines is 6. The quantitative estimate of drug-likeness (QED) is 0.0510. The number of nitrogens with zero attached hydrogens (tertiary/aromatic N) is 2. The Morgan fingerprint density at radius 1 is 0.661 bits per heavy atom. The number of nitrogens with one attached hydrogen (secondary N) is 9.